The first-order valence-corrected chi connectivity index (χ1v) is 18.6. The molecule has 7 nitrogen and oxygen atoms in total. The molecule has 4 N–H and O–H groups in total. The molecule has 1 unspecified atom stereocenters. The number of cyclic esters (lactones) is 1. The van der Waals surface area contributed by atoms with Gasteiger partial charge in [-0.3, -0.25) is 0 Å². The Morgan fingerprint density at radius 3 is 1.50 bits per heavy atom. The van der Waals surface area contributed by atoms with Crippen LogP contribution in [-0.2, 0) is 14.3 Å². The minimum Gasteiger partial charge on any atom is -0.455 e. The van der Waals surface area contributed by atoms with E-state index in [0.29, 0.717) is 18.4 Å². The zero-order valence-corrected chi connectivity index (χ0v) is 28.3. The Kier molecular flexibility index (Phi) is 21.6. The van der Waals surface area contributed by atoms with E-state index < -0.39 is 18.3 Å². The van der Waals surface area contributed by atoms with Crippen LogP contribution >= 0.6 is 0 Å². The summed E-state index contributed by atoms with van der Waals surface area (Å²) in [5.74, 6) is -0.308. The summed E-state index contributed by atoms with van der Waals surface area (Å²) in [7, 11) is 0. The number of carbonyl (C=O) groups excluding carboxylic acids is 1. The summed E-state index contributed by atoms with van der Waals surface area (Å²) >= 11 is 0. The molecule has 0 aromatic carbocycles. The van der Waals surface area contributed by atoms with Gasteiger partial charge >= 0.3 is 5.97 Å². The number of unbranched alkanes of at least 4 members (excludes halogenated alkanes) is 14. The van der Waals surface area contributed by atoms with Crippen LogP contribution in [0.25, 0.3) is 0 Å². The van der Waals surface area contributed by atoms with Crippen molar-refractivity contribution in [1.82, 2.24) is 0 Å². The Morgan fingerprint density at radius 1 is 0.636 bits per heavy atom. The quantitative estimate of drug-likeness (QED) is 0.0518. The predicted molar refractivity (Wildman–Crippen MR) is 177 cm³/mol. The highest BCUT2D eigenvalue weighted by Gasteiger charge is 2.34. The maximum Gasteiger partial charge on any atom is 0.334 e. The summed E-state index contributed by atoms with van der Waals surface area (Å²) in [5, 5.41) is 41.7. The summed E-state index contributed by atoms with van der Waals surface area (Å²) in [5.41, 5.74) is 0.584. The second kappa shape index (κ2) is 24.2. The highest BCUT2D eigenvalue weighted by Crippen LogP contribution is 2.28. The molecule has 0 aliphatic carbocycles. The third-order valence-corrected chi connectivity index (χ3v) is 9.61. The molecule has 44 heavy (non-hydrogen) atoms. The van der Waals surface area contributed by atoms with E-state index in [-0.39, 0.29) is 30.4 Å². The molecule has 258 valence electrons. The van der Waals surface area contributed by atoms with Crippen molar-refractivity contribution in [3.63, 3.8) is 0 Å². The minimum atomic E-state index is -0.519. The number of aliphatic hydroxyl groups is 4. The van der Waals surface area contributed by atoms with Crippen LogP contribution in [0.2, 0.25) is 0 Å². The highest BCUT2D eigenvalue weighted by molar-refractivity contribution is 5.90. The second-order valence-corrected chi connectivity index (χ2v) is 13.8. The van der Waals surface area contributed by atoms with Gasteiger partial charge in [-0.05, 0) is 57.9 Å². The SMILES string of the molecule is CCCCCCCCCCCC[C@@H](O)[C@@H]1CC[C@H]([C@@H](O)CCCCCCC(O)CCCCC[C@@H](O)CC2=C[C@H](C)OC2=O)O1. The average Bonchev–Trinajstić information content (AvgIpc) is 3.61. The van der Waals surface area contributed by atoms with E-state index in [1.54, 1.807) is 6.08 Å². The molecule has 0 aromatic heterocycles. The molecule has 0 saturated carbocycles. The number of hydrogen-bond donors (Lipinski definition) is 4. The van der Waals surface area contributed by atoms with Gasteiger partial charge in [-0.25, -0.2) is 4.79 Å². The highest BCUT2D eigenvalue weighted by atomic mass is 16.5. The number of esters is 1. The number of carbonyl (C=O) groups is 1. The van der Waals surface area contributed by atoms with Crippen LogP contribution in [0, 0.1) is 0 Å². The largest absolute Gasteiger partial charge is 0.455 e. The molecule has 2 aliphatic rings. The van der Waals surface area contributed by atoms with Crippen LogP contribution in [0.3, 0.4) is 0 Å². The summed E-state index contributed by atoms with van der Waals surface area (Å²) in [6.07, 6.45) is 25.3. The average molecular weight is 625 g/mol. The standard InChI is InChI=1S/C37H68O7/c1-3-4-5-6-7-8-9-10-11-18-23-33(40)35-25-26-36(44-35)34(41)24-19-13-12-15-20-31(38)21-16-14-17-22-32(39)28-30-27-29(2)43-37(30)42/h27,29,31-36,38-41H,3-26,28H2,1-2H3/t29-,31?,32+,33+,34-,35-,36+/m0/s1. The van der Waals surface area contributed by atoms with Crippen LogP contribution in [0.1, 0.15) is 174 Å². The number of rotatable bonds is 28. The van der Waals surface area contributed by atoms with Crippen molar-refractivity contribution in [1.29, 1.82) is 0 Å². The van der Waals surface area contributed by atoms with Crippen LogP contribution in [0.4, 0.5) is 0 Å². The van der Waals surface area contributed by atoms with Crippen LogP contribution in [0.15, 0.2) is 11.6 Å². The van der Waals surface area contributed by atoms with Crippen LogP contribution in [0.5, 0.6) is 0 Å². The molecule has 0 aromatic rings. The van der Waals surface area contributed by atoms with E-state index in [2.05, 4.69) is 6.92 Å². The molecule has 0 radical (unpaired) electrons. The van der Waals surface area contributed by atoms with Crippen molar-refractivity contribution >= 4 is 5.97 Å². The molecule has 7 heteroatoms. The monoisotopic (exact) mass is 624 g/mol. The first-order chi connectivity index (χ1) is 21.3. The maximum absolute atomic E-state index is 11.7. The smallest absolute Gasteiger partial charge is 0.334 e. The fourth-order valence-electron chi connectivity index (χ4n) is 6.77. The minimum absolute atomic E-state index is 0.126. The summed E-state index contributed by atoms with van der Waals surface area (Å²) in [4.78, 5) is 11.7. The van der Waals surface area contributed by atoms with E-state index in [1.807, 2.05) is 6.92 Å². The summed E-state index contributed by atoms with van der Waals surface area (Å²) < 4.78 is 11.1. The van der Waals surface area contributed by atoms with Gasteiger partial charge in [0.2, 0.25) is 0 Å². The molecule has 1 fully saturated rings. The maximum atomic E-state index is 11.7. The van der Waals surface area contributed by atoms with Gasteiger partial charge in [-0.2, -0.15) is 0 Å². The Labute approximate surface area is 269 Å². The Balaban J connectivity index is 1.38. The first-order valence-electron chi connectivity index (χ1n) is 18.6. The van der Waals surface area contributed by atoms with Crippen molar-refractivity contribution in [2.24, 2.45) is 0 Å². The van der Waals surface area contributed by atoms with Crippen LogP contribution in [-0.4, -0.2) is 69.1 Å². The van der Waals surface area contributed by atoms with Crippen molar-refractivity contribution in [2.75, 3.05) is 0 Å². The molecule has 2 rings (SSSR count). The molecule has 0 amide bonds. The number of hydrogen-bond acceptors (Lipinski definition) is 7. The van der Waals surface area contributed by atoms with E-state index >= 15 is 0 Å². The van der Waals surface area contributed by atoms with Crippen molar-refractivity contribution < 1.29 is 34.7 Å². The Morgan fingerprint density at radius 2 is 1.05 bits per heavy atom. The first kappa shape index (κ1) is 39.2. The normalized spacial score (nSPS) is 23.0. The Hall–Kier alpha value is -0.990. The predicted octanol–water partition coefficient (Wildman–Crippen LogP) is 7.84. The van der Waals surface area contributed by atoms with Gasteiger partial charge in [0, 0.05) is 12.0 Å². The number of ether oxygens (including phenoxy) is 2. The zero-order valence-electron chi connectivity index (χ0n) is 28.3. The van der Waals surface area contributed by atoms with E-state index in [1.165, 1.54) is 57.8 Å². The fourth-order valence-corrected chi connectivity index (χ4v) is 6.77. The van der Waals surface area contributed by atoms with Gasteiger partial charge in [-0.15, -0.1) is 0 Å². The molecule has 1 saturated heterocycles. The molecule has 7 atom stereocenters. The van der Waals surface area contributed by atoms with E-state index in [0.717, 1.165) is 89.9 Å². The summed E-state index contributed by atoms with van der Waals surface area (Å²) in [6.45, 7) is 4.08. The lowest BCUT2D eigenvalue weighted by Gasteiger charge is -2.22. The topological polar surface area (TPSA) is 116 Å². The lowest BCUT2D eigenvalue weighted by Crippen LogP contribution is -2.31. The van der Waals surface area contributed by atoms with Crippen molar-refractivity contribution in [3.8, 4) is 0 Å². The van der Waals surface area contributed by atoms with Gasteiger partial charge in [0.15, 0.2) is 0 Å². The third-order valence-electron chi connectivity index (χ3n) is 9.61. The van der Waals surface area contributed by atoms with Crippen molar-refractivity contribution in [2.45, 2.75) is 217 Å². The zero-order chi connectivity index (χ0) is 32.0. The van der Waals surface area contributed by atoms with Gasteiger partial charge in [0.05, 0.1) is 36.6 Å². The molecule has 0 bridgehead atoms. The molecule has 2 heterocycles. The van der Waals surface area contributed by atoms with Gasteiger partial charge in [0.1, 0.15) is 6.10 Å². The van der Waals surface area contributed by atoms with Crippen molar-refractivity contribution in [3.05, 3.63) is 11.6 Å². The molecular formula is C37H68O7. The van der Waals surface area contributed by atoms with E-state index in [4.69, 9.17) is 9.47 Å². The Bertz CT molecular complexity index is 756. The third kappa shape index (κ3) is 17.6. The second-order valence-electron chi connectivity index (χ2n) is 13.8. The molecule has 2 aliphatic heterocycles. The lowest BCUT2D eigenvalue weighted by molar-refractivity contribution is -0.139. The van der Waals surface area contributed by atoms with Gasteiger partial charge in [-0.1, -0.05) is 116 Å². The van der Waals surface area contributed by atoms with Crippen LogP contribution < -0.4 is 0 Å². The van der Waals surface area contributed by atoms with E-state index in [9.17, 15) is 25.2 Å². The van der Waals surface area contributed by atoms with Gasteiger partial charge in [0.25, 0.3) is 0 Å². The molecule has 0 spiro atoms. The fraction of sp³-hybridized carbons (Fsp3) is 0.919. The van der Waals surface area contributed by atoms with Gasteiger partial charge < -0.3 is 29.9 Å². The molecular weight excluding hydrogens is 556 g/mol. The summed E-state index contributed by atoms with van der Waals surface area (Å²) in [6, 6.07) is 0. The lowest BCUT2D eigenvalue weighted by atomic mass is 9.99. The number of aliphatic hydroxyl groups excluding tert-OH is 4.